The van der Waals surface area contributed by atoms with Gasteiger partial charge in [0.25, 0.3) is 5.91 Å². The second-order valence-electron chi connectivity index (χ2n) is 9.26. The van der Waals surface area contributed by atoms with Gasteiger partial charge in [-0.1, -0.05) is 36.4 Å². The molecule has 0 saturated carbocycles. The number of carbonyl (C=O) groups is 2. The molecule has 4 rings (SSSR count). The van der Waals surface area contributed by atoms with Gasteiger partial charge >= 0.3 is 5.97 Å². The number of aromatic nitrogens is 1. The van der Waals surface area contributed by atoms with Crippen LogP contribution in [0, 0.1) is 6.92 Å². The molecule has 0 spiro atoms. The second kappa shape index (κ2) is 12.9. The van der Waals surface area contributed by atoms with Crippen LogP contribution in [0.3, 0.4) is 0 Å². The number of amides is 1. The van der Waals surface area contributed by atoms with Crippen LogP contribution in [0.4, 0.5) is 0 Å². The summed E-state index contributed by atoms with van der Waals surface area (Å²) >= 11 is 0. The highest BCUT2D eigenvalue weighted by Gasteiger charge is 2.25. The third kappa shape index (κ3) is 6.29. The van der Waals surface area contributed by atoms with Crippen molar-refractivity contribution in [3.05, 3.63) is 95.3 Å². The monoisotopic (exact) mass is 542 g/mol. The number of carbonyl (C=O) groups excluding carboxylic acids is 2. The van der Waals surface area contributed by atoms with Crippen LogP contribution in [0.2, 0.25) is 0 Å². The zero-order valence-corrected chi connectivity index (χ0v) is 23.2. The van der Waals surface area contributed by atoms with Crippen LogP contribution in [0.1, 0.15) is 33.7 Å². The van der Waals surface area contributed by atoms with E-state index in [2.05, 4.69) is 4.57 Å². The number of aryl methyl sites for hydroxylation is 1. The lowest BCUT2D eigenvalue weighted by Crippen LogP contribution is -2.14. The molecule has 0 bridgehead atoms. The van der Waals surface area contributed by atoms with E-state index < -0.39 is 5.91 Å². The van der Waals surface area contributed by atoms with Crippen LogP contribution in [-0.4, -0.2) is 37.8 Å². The normalized spacial score (nSPS) is 10.7. The molecule has 8 nitrogen and oxygen atoms in total. The summed E-state index contributed by atoms with van der Waals surface area (Å²) in [5, 5.41) is 0. The summed E-state index contributed by atoms with van der Waals surface area (Å²) in [6, 6.07) is 22.8. The molecular weight excluding hydrogens is 508 g/mol. The van der Waals surface area contributed by atoms with Crippen molar-refractivity contribution in [3.63, 3.8) is 0 Å². The number of primary amides is 1. The van der Waals surface area contributed by atoms with Crippen molar-refractivity contribution in [2.45, 2.75) is 32.7 Å². The third-order valence-electron chi connectivity index (χ3n) is 6.84. The van der Waals surface area contributed by atoms with E-state index in [1.54, 1.807) is 14.2 Å². The van der Waals surface area contributed by atoms with Gasteiger partial charge in [0, 0.05) is 23.5 Å². The first-order valence-electron chi connectivity index (χ1n) is 13.0. The Balaban J connectivity index is 1.77. The largest absolute Gasteiger partial charge is 0.493 e. The van der Waals surface area contributed by atoms with Crippen LogP contribution in [-0.2, 0) is 28.9 Å². The SMILES string of the molecule is COC(=O)CCc1c(-c2cccc(Oc3ccccc3)c2)c(C(N)=O)c(C)n1CCc1ccc(OC)c(OC)c1. The molecular formula is C32H34N2O6. The Hall–Kier alpha value is -4.72. The van der Waals surface area contributed by atoms with Gasteiger partial charge in [0.05, 0.1) is 33.3 Å². The highest BCUT2D eigenvalue weighted by atomic mass is 16.5. The topological polar surface area (TPSA) is 102 Å². The van der Waals surface area contributed by atoms with E-state index in [4.69, 9.17) is 24.7 Å². The predicted octanol–water partition coefficient (Wildman–Crippen LogP) is 5.72. The molecule has 0 aliphatic rings. The maximum atomic E-state index is 12.8. The molecule has 1 amide bonds. The molecule has 0 unspecified atom stereocenters. The Morgan fingerprint density at radius 3 is 2.23 bits per heavy atom. The molecule has 0 fully saturated rings. The number of ether oxygens (including phenoxy) is 4. The smallest absolute Gasteiger partial charge is 0.305 e. The number of para-hydroxylation sites is 1. The number of nitrogens with zero attached hydrogens (tertiary/aromatic N) is 1. The van der Waals surface area contributed by atoms with E-state index in [0.29, 0.717) is 53.5 Å². The Bertz CT molecular complexity index is 1490. The molecule has 0 atom stereocenters. The van der Waals surface area contributed by atoms with Gasteiger partial charge in [-0.2, -0.15) is 0 Å². The van der Waals surface area contributed by atoms with Gasteiger partial charge in [0.2, 0.25) is 0 Å². The number of methoxy groups -OCH3 is 3. The van der Waals surface area contributed by atoms with Crippen LogP contribution in [0.15, 0.2) is 72.8 Å². The fraction of sp³-hybridized carbons (Fsp3) is 0.250. The van der Waals surface area contributed by atoms with Crippen molar-refractivity contribution in [1.29, 1.82) is 0 Å². The van der Waals surface area contributed by atoms with Gasteiger partial charge in [-0.05, 0) is 67.3 Å². The van der Waals surface area contributed by atoms with Gasteiger partial charge in [0.1, 0.15) is 11.5 Å². The molecule has 8 heteroatoms. The first-order valence-corrected chi connectivity index (χ1v) is 13.0. The van der Waals surface area contributed by atoms with Gasteiger partial charge in [-0.3, -0.25) is 9.59 Å². The summed E-state index contributed by atoms with van der Waals surface area (Å²) in [7, 11) is 4.56. The Morgan fingerprint density at radius 1 is 0.825 bits per heavy atom. The Morgan fingerprint density at radius 2 is 1.55 bits per heavy atom. The maximum Gasteiger partial charge on any atom is 0.305 e. The molecule has 0 radical (unpaired) electrons. The number of nitrogens with two attached hydrogens (primary N) is 1. The van der Waals surface area contributed by atoms with Crippen molar-refractivity contribution >= 4 is 11.9 Å². The summed E-state index contributed by atoms with van der Waals surface area (Å²) in [5.41, 5.74) is 10.4. The summed E-state index contributed by atoms with van der Waals surface area (Å²) in [5.74, 6) is 1.74. The van der Waals surface area contributed by atoms with Gasteiger partial charge in [-0.15, -0.1) is 0 Å². The lowest BCUT2D eigenvalue weighted by atomic mass is 9.97. The molecule has 0 aliphatic carbocycles. The zero-order chi connectivity index (χ0) is 28.6. The summed E-state index contributed by atoms with van der Waals surface area (Å²) in [6.45, 7) is 2.43. The molecule has 208 valence electrons. The van der Waals surface area contributed by atoms with Crippen molar-refractivity contribution < 1.29 is 28.5 Å². The quantitative estimate of drug-likeness (QED) is 0.230. The van der Waals surface area contributed by atoms with E-state index in [1.165, 1.54) is 7.11 Å². The van der Waals surface area contributed by atoms with E-state index in [-0.39, 0.29) is 12.4 Å². The standard InChI is InChI=1S/C32H34N2O6/c1-21-30(32(33)36)31(23-9-8-12-25(20-23)40-24-10-6-5-7-11-24)26(14-16-29(35)39-4)34(21)18-17-22-13-15-27(37-2)28(19-22)38-3/h5-13,15,19-20H,14,16-18H2,1-4H3,(H2,33,36). The van der Waals surface area contributed by atoms with Gasteiger partial charge < -0.3 is 29.2 Å². The highest BCUT2D eigenvalue weighted by Crippen LogP contribution is 2.36. The van der Waals surface area contributed by atoms with Crippen LogP contribution >= 0.6 is 0 Å². The minimum atomic E-state index is -0.536. The molecule has 40 heavy (non-hydrogen) atoms. The predicted molar refractivity (Wildman–Crippen MR) is 153 cm³/mol. The average Bonchev–Trinajstić information content (AvgIpc) is 3.26. The van der Waals surface area contributed by atoms with E-state index in [9.17, 15) is 9.59 Å². The number of benzene rings is 3. The van der Waals surface area contributed by atoms with Crippen LogP contribution < -0.4 is 19.9 Å². The van der Waals surface area contributed by atoms with Gasteiger partial charge in [0.15, 0.2) is 11.5 Å². The number of rotatable bonds is 12. The lowest BCUT2D eigenvalue weighted by molar-refractivity contribution is -0.140. The molecule has 4 aromatic rings. The Labute approximate surface area is 234 Å². The molecule has 0 saturated heterocycles. The lowest BCUT2D eigenvalue weighted by Gasteiger charge is -2.15. The number of esters is 1. The molecule has 3 aromatic carbocycles. The molecule has 1 heterocycles. The minimum absolute atomic E-state index is 0.154. The minimum Gasteiger partial charge on any atom is -0.493 e. The summed E-state index contributed by atoms with van der Waals surface area (Å²) in [6.07, 6.45) is 1.17. The molecule has 2 N–H and O–H groups in total. The van der Waals surface area contributed by atoms with E-state index in [1.807, 2.05) is 79.7 Å². The molecule has 0 aliphatic heterocycles. The first kappa shape index (κ1) is 28.3. The summed E-state index contributed by atoms with van der Waals surface area (Å²) < 4.78 is 23.9. The summed E-state index contributed by atoms with van der Waals surface area (Å²) in [4.78, 5) is 25.0. The Kier molecular flexibility index (Phi) is 9.11. The van der Waals surface area contributed by atoms with Crippen LogP contribution in [0.5, 0.6) is 23.0 Å². The third-order valence-corrected chi connectivity index (χ3v) is 6.84. The maximum absolute atomic E-state index is 12.8. The van der Waals surface area contributed by atoms with E-state index in [0.717, 1.165) is 22.5 Å². The van der Waals surface area contributed by atoms with E-state index >= 15 is 0 Å². The van der Waals surface area contributed by atoms with Gasteiger partial charge in [-0.25, -0.2) is 0 Å². The van der Waals surface area contributed by atoms with Crippen molar-refractivity contribution in [2.24, 2.45) is 5.73 Å². The van der Waals surface area contributed by atoms with Crippen molar-refractivity contribution in [3.8, 4) is 34.1 Å². The van der Waals surface area contributed by atoms with Crippen LogP contribution in [0.25, 0.3) is 11.1 Å². The fourth-order valence-corrected chi connectivity index (χ4v) is 4.91. The fourth-order valence-electron chi connectivity index (χ4n) is 4.91. The van der Waals surface area contributed by atoms with Crippen molar-refractivity contribution in [1.82, 2.24) is 4.57 Å². The number of hydrogen-bond acceptors (Lipinski definition) is 6. The highest BCUT2D eigenvalue weighted by molar-refractivity contribution is 6.02. The molecule has 1 aromatic heterocycles. The average molecular weight is 543 g/mol. The number of hydrogen-bond donors (Lipinski definition) is 1. The van der Waals surface area contributed by atoms with Crippen molar-refractivity contribution in [2.75, 3.05) is 21.3 Å². The second-order valence-corrected chi connectivity index (χ2v) is 9.26. The first-order chi connectivity index (χ1) is 19.4. The zero-order valence-electron chi connectivity index (χ0n) is 23.2.